The highest BCUT2D eigenvalue weighted by Crippen LogP contribution is 2.52. The van der Waals surface area contributed by atoms with E-state index in [1.54, 1.807) is 0 Å². The highest BCUT2D eigenvalue weighted by Gasteiger charge is 2.53. The second kappa shape index (κ2) is 5.72. The van der Waals surface area contributed by atoms with Gasteiger partial charge in [-0.05, 0) is 47.0 Å². The summed E-state index contributed by atoms with van der Waals surface area (Å²) in [5.41, 5.74) is 0.133. The zero-order valence-corrected chi connectivity index (χ0v) is 14.5. The minimum absolute atomic E-state index is 0.133. The summed E-state index contributed by atoms with van der Waals surface area (Å²) < 4.78 is 8.18. The van der Waals surface area contributed by atoms with E-state index in [0.717, 1.165) is 34.0 Å². The highest BCUT2D eigenvalue weighted by molar-refractivity contribution is 9.11. The Hall–Kier alpha value is 0.270. The van der Waals surface area contributed by atoms with Gasteiger partial charge in [-0.1, -0.05) is 29.8 Å². The lowest BCUT2D eigenvalue weighted by Gasteiger charge is -2.52. The molecule has 1 aliphatic carbocycles. The van der Waals surface area contributed by atoms with Gasteiger partial charge in [-0.3, -0.25) is 0 Å². The number of hydrogen-bond donors (Lipinski definition) is 0. The van der Waals surface area contributed by atoms with Gasteiger partial charge in [0.1, 0.15) is 11.9 Å². The molecule has 0 aliphatic heterocycles. The van der Waals surface area contributed by atoms with Crippen LogP contribution in [0.4, 0.5) is 0 Å². The molecule has 4 heteroatoms. The third-order valence-corrected chi connectivity index (χ3v) is 5.89. The van der Waals surface area contributed by atoms with Crippen molar-refractivity contribution in [3.63, 3.8) is 0 Å². The van der Waals surface area contributed by atoms with Crippen molar-refractivity contribution < 1.29 is 4.74 Å². The molecule has 1 aromatic rings. The predicted octanol–water partition coefficient (Wildman–Crippen LogP) is 5.78. The van der Waals surface area contributed by atoms with E-state index >= 15 is 0 Å². The molecular weight excluding hydrogens is 379 g/mol. The fourth-order valence-corrected chi connectivity index (χ4v) is 4.49. The number of benzene rings is 1. The zero-order chi connectivity index (χ0) is 13.3. The SMILES string of the molecule is CCC1(CC)C(Cl)CC1Oc1ccc(Br)cc1Br. The molecular formula is C14H17Br2ClO. The monoisotopic (exact) mass is 394 g/mol. The van der Waals surface area contributed by atoms with E-state index in [9.17, 15) is 0 Å². The number of hydrogen-bond acceptors (Lipinski definition) is 1. The molecule has 18 heavy (non-hydrogen) atoms. The normalized spacial score (nSPS) is 25.6. The molecule has 1 fully saturated rings. The second-order valence-corrected chi connectivity index (χ2v) is 7.12. The van der Waals surface area contributed by atoms with Crippen molar-refractivity contribution in [3.05, 3.63) is 27.1 Å². The van der Waals surface area contributed by atoms with Gasteiger partial charge in [0.2, 0.25) is 0 Å². The molecule has 2 atom stereocenters. The Morgan fingerprint density at radius 1 is 1.33 bits per heavy atom. The Morgan fingerprint density at radius 2 is 2.00 bits per heavy atom. The first-order valence-electron chi connectivity index (χ1n) is 6.29. The van der Waals surface area contributed by atoms with Crippen LogP contribution in [0.3, 0.4) is 0 Å². The van der Waals surface area contributed by atoms with Crippen LogP contribution >= 0.6 is 43.5 Å². The molecule has 1 aromatic carbocycles. The van der Waals surface area contributed by atoms with Crippen LogP contribution < -0.4 is 4.74 Å². The first-order chi connectivity index (χ1) is 8.53. The van der Waals surface area contributed by atoms with Gasteiger partial charge < -0.3 is 4.74 Å². The molecule has 0 amide bonds. The molecule has 100 valence electrons. The average Bonchev–Trinajstić information content (AvgIpc) is 2.33. The average molecular weight is 397 g/mol. The van der Waals surface area contributed by atoms with Crippen LogP contribution in [0.1, 0.15) is 33.1 Å². The second-order valence-electron chi connectivity index (χ2n) is 4.82. The van der Waals surface area contributed by atoms with Crippen LogP contribution in [0.15, 0.2) is 27.1 Å². The molecule has 0 spiro atoms. The number of ether oxygens (including phenoxy) is 1. The van der Waals surface area contributed by atoms with E-state index in [-0.39, 0.29) is 16.9 Å². The molecule has 0 saturated heterocycles. The standard InChI is InChI=1S/C14H17Br2ClO/c1-3-14(4-2)12(17)8-13(14)18-11-6-5-9(15)7-10(11)16/h5-7,12-13H,3-4,8H2,1-2H3. The van der Waals surface area contributed by atoms with Crippen molar-refractivity contribution in [3.8, 4) is 5.75 Å². The smallest absolute Gasteiger partial charge is 0.134 e. The van der Waals surface area contributed by atoms with E-state index in [1.807, 2.05) is 18.2 Å². The van der Waals surface area contributed by atoms with E-state index < -0.39 is 0 Å². The molecule has 0 heterocycles. The topological polar surface area (TPSA) is 9.23 Å². The van der Waals surface area contributed by atoms with Gasteiger partial charge in [-0.15, -0.1) is 11.6 Å². The molecule has 0 radical (unpaired) electrons. The maximum absolute atomic E-state index is 6.40. The maximum Gasteiger partial charge on any atom is 0.134 e. The third kappa shape index (κ3) is 2.46. The number of halogens is 3. The van der Waals surface area contributed by atoms with Crippen LogP contribution in [0.2, 0.25) is 0 Å². The summed E-state index contributed by atoms with van der Waals surface area (Å²) in [7, 11) is 0. The van der Waals surface area contributed by atoms with Crippen molar-refractivity contribution in [2.75, 3.05) is 0 Å². The number of rotatable bonds is 4. The van der Waals surface area contributed by atoms with E-state index in [4.69, 9.17) is 16.3 Å². The third-order valence-electron chi connectivity index (χ3n) is 4.17. The number of alkyl halides is 1. The van der Waals surface area contributed by atoms with Crippen LogP contribution in [0.25, 0.3) is 0 Å². The molecule has 2 rings (SSSR count). The zero-order valence-electron chi connectivity index (χ0n) is 10.6. The molecule has 2 unspecified atom stereocenters. The lowest BCUT2D eigenvalue weighted by atomic mass is 9.62. The van der Waals surface area contributed by atoms with Crippen LogP contribution in [-0.2, 0) is 0 Å². The van der Waals surface area contributed by atoms with Gasteiger partial charge in [-0.2, -0.15) is 0 Å². The predicted molar refractivity (Wildman–Crippen MR) is 83.5 cm³/mol. The Kier molecular flexibility index (Phi) is 4.66. The van der Waals surface area contributed by atoms with Gasteiger partial charge >= 0.3 is 0 Å². The first kappa shape index (κ1) is 14.7. The van der Waals surface area contributed by atoms with Gasteiger partial charge in [-0.25, -0.2) is 0 Å². The Morgan fingerprint density at radius 3 is 2.50 bits per heavy atom. The Balaban J connectivity index is 2.15. The quantitative estimate of drug-likeness (QED) is 0.587. The molecule has 1 nitrogen and oxygen atoms in total. The minimum atomic E-state index is 0.133. The summed E-state index contributed by atoms with van der Waals surface area (Å²) in [4.78, 5) is 0. The van der Waals surface area contributed by atoms with Crippen molar-refractivity contribution in [1.29, 1.82) is 0 Å². The summed E-state index contributed by atoms with van der Waals surface area (Å²) in [5, 5.41) is 0.242. The highest BCUT2D eigenvalue weighted by atomic mass is 79.9. The van der Waals surface area contributed by atoms with Gasteiger partial charge in [0.25, 0.3) is 0 Å². The first-order valence-corrected chi connectivity index (χ1v) is 8.31. The molecule has 0 N–H and O–H groups in total. The lowest BCUT2D eigenvalue weighted by Crippen LogP contribution is -2.56. The summed E-state index contributed by atoms with van der Waals surface area (Å²) in [6.45, 7) is 4.40. The molecule has 0 aromatic heterocycles. The molecule has 0 bridgehead atoms. The van der Waals surface area contributed by atoms with Crippen LogP contribution in [0, 0.1) is 5.41 Å². The van der Waals surface area contributed by atoms with Crippen molar-refractivity contribution in [2.45, 2.75) is 44.6 Å². The Bertz CT molecular complexity index is 432. The van der Waals surface area contributed by atoms with Crippen molar-refractivity contribution in [2.24, 2.45) is 5.41 Å². The fraction of sp³-hybridized carbons (Fsp3) is 0.571. The fourth-order valence-electron chi connectivity index (χ4n) is 2.74. The van der Waals surface area contributed by atoms with Gasteiger partial charge in [0.15, 0.2) is 0 Å². The van der Waals surface area contributed by atoms with Gasteiger partial charge in [0, 0.05) is 21.7 Å². The van der Waals surface area contributed by atoms with Crippen LogP contribution in [0.5, 0.6) is 5.75 Å². The van der Waals surface area contributed by atoms with Gasteiger partial charge in [0.05, 0.1) is 4.47 Å². The molecule has 1 aliphatic rings. The largest absolute Gasteiger partial charge is 0.489 e. The van der Waals surface area contributed by atoms with Crippen molar-refractivity contribution >= 4 is 43.5 Å². The maximum atomic E-state index is 6.40. The minimum Gasteiger partial charge on any atom is -0.489 e. The lowest BCUT2D eigenvalue weighted by molar-refractivity contribution is -0.0466. The summed E-state index contributed by atoms with van der Waals surface area (Å²) in [5.74, 6) is 0.901. The van der Waals surface area contributed by atoms with Crippen molar-refractivity contribution in [1.82, 2.24) is 0 Å². The van der Waals surface area contributed by atoms with E-state index in [0.29, 0.717) is 0 Å². The van der Waals surface area contributed by atoms with E-state index in [2.05, 4.69) is 45.7 Å². The Labute approximate surface area is 130 Å². The van der Waals surface area contributed by atoms with E-state index in [1.165, 1.54) is 0 Å². The van der Waals surface area contributed by atoms with Crippen LogP contribution in [-0.4, -0.2) is 11.5 Å². The summed E-state index contributed by atoms with van der Waals surface area (Å²) in [6, 6.07) is 5.99. The summed E-state index contributed by atoms with van der Waals surface area (Å²) >= 11 is 13.4. The molecule has 1 saturated carbocycles. The summed E-state index contributed by atoms with van der Waals surface area (Å²) in [6.07, 6.45) is 3.30.